The van der Waals surface area contributed by atoms with Crippen molar-refractivity contribution >= 4 is 17.8 Å². The van der Waals surface area contributed by atoms with Gasteiger partial charge in [0.15, 0.2) is 5.82 Å². The molecule has 0 atom stereocenters. The van der Waals surface area contributed by atoms with Crippen molar-refractivity contribution in [2.24, 2.45) is 0 Å². The molecule has 0 radical (unpaired) electrons. The van der Waals surface area contributed by atoms with Crippen LogP contribution in [0.4, 0.5) is 5.82 Å². The molecule has 0 aliphatic heterocycles. The summed E-state index contributed by atoms with van der Waals surface area (Å²) in [4.78, 5) is 12.5. The Morgan fingerprint density at radius 1 is 1.00 bits per heavy atom. The highest BCUT2D eigenvalue weighted by Gasteiger charge is 2.07. The van der Waals surface area contributed by atoms with Crippen molar-refractivity contribution in [3.63, 3.8) is 0 Å². The lowest BCUT2D eigenvalue weighted by Gasteiger charge is -2.12. The number of nitrogens with zero attached hydrogens (tertiary/aromatic N) is 2. The number of benzene rings is 3. The zero-order valence-corrected chi connectivity index (χ0v) is 20.2. The van der Waals surface area contributed by atoms with Crippen molar-refractivity contribution in [1.29, 1.82) is 0 Å². The topological polar surface area (TPSA) is 65.4 Å². The lowest BCUT2D eigenvalue weighted by atomic mass is 10.1. The third-order valence-corrected chi connectivity index (χ3v) is 5.57. The number of aryl methyl sites for hydroxylation is 2. The molecule has 4 aromatic rings. The van der Waals surface area contributed by atoms with Crippen molar-refractivity contribution in [3.8, 4) is 11.5 Å². The minimum absolute atomic E-state index is 0.251. The fourth-order valence-electron chi connectivity index (χ4n) is 3.63. The van der Waals surface area contributed by atoms with Gasteiger partial charge in [-0.3, -0.25) is 9.48 Å². The summed E-state index contributed by atoms with van der Waals surface area (Å²) in [5.41, 5.74) is 5.21. The molecule has 0 unspecified atom stereocenters. The molecule has 0 saturated carbocycles. The van der Waals surface area contributed by atoms with E-state index in [0.29, 0.717) is 19.0 Å². The first-order valence-corrected chi connectivity index (χ1v) is 11.4. The number of methoxy groups -OCH3 is 1. The molecule has 178 valence electrons. The SMILES string of the molecule is COc1ccc(/C=C/C(=O)Nc2ccn(Cc3ccc(C)cc3)n2)cc1COc1ccccc1C. The third-order valence-electron chi connectivity index (χ3n) is 5.57. The van der Waals surface area contributed by atoms with Crippen LogP contribution in [0.2, 0.25) is 0 Å². The lowest BCUT2D eigenvalue weighted by molar-refractivity contribution is -0.111. The molecular formula is C29H29N3O3. The Hall–Kier alpha value is -4.32. The Kier molecular flexibility index (Phi) is 7.63. The van der Waals surface area contributed by atoms with Gasteiger partial charge in [0.1, 0.15) is 18.1 Å². The molecule has 1 heterocycles. The number of anilines is 1. The Labute approximate surface area is 205 Å². The number of amides is 1. The maximum Gasteiger partial charge on any atom is 0.249 e. The summed E-state index contributed by atoms with van der Waals surface area (Å²) in [6.07, 6.45) is 5.10. The molecule has 1 amide bonds. The highest BCUT2D eigenvalue weighted by molar-refractivity contribution is 6.01. The normalized spacial score (nSPS) is 10.9. The van der Waals surface area contributed by atoms with Crippen LogP contribution in [0.5, 0.6) is 11.5 Å². The van der Waals surface area contributed by atoms with Gasteiger partial charge in [0, 0.05) is 23.9 Å². The summed E-state index contributed by atoms with van der Waals surface area (Å²) in [7, 11) is 1.63. The Balaban J connectivity index is 1.37. The first kappa shape index (κ1) is 23.8. The number of carbonyl (C=O) groups excluding carboxylic acids is 1. The maximum atomic E-state index is 12.5. The lowest BCUT2D eigenvalue weighted by Crippen LogP contribution is -2.09. The van der Waals surface area contributed by atoms with Crippen LogP contribution in [0, 0.1) is 13.8 Å². The molecule has 1 aromatic heterocycles. The largest absolute Gasteiger partial charge is 0.496 e. The predicted molar refractivity (Wildman–Crippen MR) is 139 cm³/mol. The summed E-state index contributed by atoms with van der Waals surface area (Å²) in [5, 5.41) is 7.25. The number of para-hydroxylation sites is 1. The minimum Gasteiger partial charge on any atom is -0.496 e. The van der Waals surface area contributed by atoms with Gasteiger partial charge < -0.3 is 14.8 Å². The van der Waals surface area contributed by atoms with Crippen molar-refractivity contribution in [2.45, 2.75) is 27.0 Å². The van der Waals surface area contributed by atoms with Gasteiger partial charge in [-0.05, 0) is 54.8 Å². The highest BCUT2D eigenvalue weighted by Crippen LogP contribution is 2.24. The molecular weight excluding hydrogens is 438 g/mol. The number of aromatic nitrogens is 2. The van der Waals surface area contributed by atoms with E-state index in [1.807, 2.05) is 55.6 Å². The molecule has 0 fully saturated rings. The Morgan fingerprint density at radius 3 is 2.57 bits per heavy atom. The van der Waals surface area contributed by atoms with Crippen LogP contribution in [-0.2, 0) is 17.9 Å². The number of ether oxygens (including phenoxy) is 2. The van der Waals surface area contributed by atoms with E-state index in [1.54, 1.807) is 23.9 Å². The molecule has 0 saturated heterocycles. The molecule has 0 bridgehead atoms. The second kappa shape index (κ2) is 11.2. The summed E-state index contributed by atoms with van der Waals surface area (Å²) in [6.45, 7) is 5.08. The number of hydrogen-bond acceptors (Lipinski definition) is 4. The van der Waals surface area contributed by atoms with E-state index in [0.717, 1.165) is 33.8 Å². The molecule has 0 aliphatic rings. The zero-order chi connectivity index (χ0) is 24.6. The standard InChI is InChI=1S/C29H29N3O3/c1-21-8-10-24(11-9-21)19-32-17-16-28(31-32)30-29(33)15-13-23-12-14-27(34-3)25(18-23)20-35-26-7-5-4-6-22(26)2/h4-18H,19-20H2,1-3H3,(H,30,31,33)/b15-13+. The van der Waals surface area contributed by atoms with E-state index in [9.17, 15) is 4.79 Å². The van der Waals surface area contributed by atoms with Crippen molar-refractivity contribution in [1.82, 2.24) is 9.78 Å². The van der Waals surface area contributed by atoms with Crippen molar-refractivity contribution in [2.75, 3.05) is 12.4 Å². The van der Waals surface area contributed by atoms with Gasteiger partial charge in [0.2, 0.25) is 5.91 Å². The summed E-state index contributed by atoms with van der Waals surface area (Å²) in [5.74, 6) is 1.82. The number of carbonyl (C=O) groups is 1. The van der Waals surface area contributed by atoms with E-state index in [1.165, 1.54) is 11.6 Å². The predicted octanol–water partition coefficient (Wildman–Crippen LogP) is 5.79. The molecule has 1 N–H and O–H groups in total. The monoisotopic (exact) mass is 467 g/mol. The van der Waals surface area contributed by atoms with Crippen LogP contribution in [0.15, 0.2) is 85.1 Å². The van der Waals surface area contributed by atoms with Gasteiger partial charge in [-0.25, -0.2) is 0 Å². The van der Waals surface area contributed by atoms with Crippen LogP contribution in [0.1, 0.15) is 27.8 Å². The van der Waals surface area contributed by atoms with Crippen LogP contribution in [0.3, 0.4) is 0 Å². The molecule has 4 rings (SSSR count). The fourth-order valence-corrected chi connectivity index (χ4v) is 3.63. The number of rotatable bonds is 9. The first-order chi connectivity index (χ1) is 17.0. The third kappa shape index (κ3) is 6.60. The maximum absolute atomic E-state index is 12.5. The first-order valence-electron chi connectivity index (χ1n) is 11.4. The van der Waals surface area contributed by atoms with E-state index in [2.05, 4.69) is 41.6 Å². The van der Waals surface area contributed by atoms with E-state index in [4.69, 9.17) is 9.47 Å². The van der Waals surface area contributed by atoms with Gasteiger partial charge in [0.05, 0.1) is 13.7 Å². The highest BCUT2D eigenvalue weighted by atomic mass is 16.5. The molecule has 3 aromatic carbocycles. The van der Waals surface area contributed by atoms with Gasteiger partial charge >= 0.3 is 0 Å². The molecule has 0 spiro atoms. The molecule has 6 nitrogen and oxygen atoms in total. The van der Waals surface area contributed by atoms with E-state index >= 15 is 0 Å². The summed E-state index contributed by atoms with van der Waals surface area (Å²) >= 11 is 0. The number of hydrogen-bond donors (Lipinski definition) is 1. The van der Waals surface area contributed by atoms with Crippen LogP contribution >= 0.6 is 0 Å². The van der Waals surface area contributed by atoms with E-state index in [-0.39, 0.29) is 5.91 Å². The fraction of sp³-hybridized carbons (Fsp3) is 0.172. The second-order valence-corrected chi connectivity index (χ2v) is 8.33. The van der Waals surface area contributed by atoms with Crippen LogP contribution in [-0.4, -0.2) is 22.8 Å². The summed E-state index contributed by atoms with van der Waals surface area (Å²) < 4.78 is 13.3. The second-order valence-electron chi connectivity index (χ2n) is 8.33. The van der Waals surface area contributed by atoms with Gasteiger partial charge in [-0.2, -0.15) is 5.10 Å². The Bertz CT molecular complexity index is 1320. The molecule has 6 heteroatoms. The Morgan fingerprint density at radius 2 is 1.80 bits per heavy atom. The van der Waals surface area contributed by atoms with E-state index < -0.39 is 0 Å². The van der Waals surface area contributed by atoms with Gasteiger partial charge in [-0.15, -0.1) is 0 Å². The molecule has 35 heavy (non-hydrogen) atoms. The average molecular weight is 468 g/mol. The van der Waals surface area contributed by atoms with Crippen molar-refractivity contribution < 1.29 is 14.3 Å². The van der Waals surface area contributed by atoms with Crippen LogP contribution in [0.25, 0.3) is 6.08 Å². The number of nitrogens with one attached hydrogen (secondary N) is 1. The quantitative estimate of drug-likeness (QED) is 0.317. The van der Waals surface area contributed by atoms with Gasteiger partial charge in [-0.1, -0.05) is 54.1 Å². The average Bonchev–Trinajstić information content (AvgIpc) is 3.30. The van der Waals surface area contributed by atoms with Gasteiger partial charge in [0.25, 0.3) is 0 Å². The smallest absolute Gasteiger partial charge is 0.249 e. The summed E-state index contributed by atoms with van der Waals surface area (Å²) in [6, 6.07) is 23.7. The van der Waals surface area contributed by atoms with Crippen LogP contribution < -0.4 is 14.8 Å². The molecule has 0 aliphatic carbocycles. The zero-order valence-electron chi connectivity index (χ0n) is 20.2. The van der Waals surface area contributed by atoms with Crippen molar-refractivity contribution in [3.05, 3.63) is 113 Å². The minimum atomic E-state index is -0.251.